The van der Waals surface area contributed by atoms with Crippen molar-refractivity contribution < 1.29 is 23.9 Å². The molecule has 1 unspecified atom stereocenters. The Morgan fingerprint density at radius 1 is 0.917 bits per heavy atom. The van der Waals surface area contributed by atoms with Crippen LogP contribution in [0.1, 0.15) is 34.3 Å². The lowest BCUT2D eigenvalue weighted by Gasteiger charge is -2.35. The number of imide groups is 2. The van der Waals surface area contributed by atoms with Gasteiger partial charge in [0.1, 0.15) is 29.0 Å². The molecule has 0 spiro atoms. The molecule has 4 amide bonds. The predicted octanol–water partition coefficient (Wildman–Crippen LogP) is 2.70. The van der Waals surface area contributed by atoms with Gasteiger partial charge in [-0.3, -0.25) is 19.4 Å². The molecular formula is C27H30N4O5. The second-order valence-electron chi connectivity index (χ2n) is 9.07. The van der Waals surface area contributed by atoms with E-state index in [2.05, 4.69) is 0 Å². The maximum absolute atomic E-state index is 13.2. The normalized spacial score (nSPS) is 15.5. The molecule has 0 aliphatic carbocycles. The van der Waals surface area contributed by atoms with Gasteiger partial charge in [0.15, 0.2) is 0 Å². The molecular weight excluding hydrogens is 460 g/mol. The number of carbonyl (C=O) groups is 3. The van der Waals surface area contributed by atoms with Gasteiger partial charge in [-0.15, -0.1) is 0 Å². The van der Waals surface area contributed by atoms with Crippen molar-refractivity contribution >= 4 is 17.8 Å². The number of rotatable bonds is 7. The summed E-state index contributed by atoms with van der Waals surface area (Å²) in [5, 5.41) is 13.2. The van der Waals surface area contributed by atoms with Crippen LogP contribution in [0.2, 0.25) is 0 Å². The molecule has 1 aliphatic rings. The monoisotopic (exact) mass is 490 g/mol. The van der Waals surface area contributed by atoms with Crippen molar-refractivity contribution in [3.63, 3.8) is 0 Å². The van der Waals surface area contributed by atoms with Gasteiger partial charge >= 0.3 is 6.03 Å². The Kier molecular flexibility index (Phi) is 6.83. The second-order valence-corrected chi connectivity index (χ2v) is 9.07. The number of hydrogen-bond acceptors (Lipinski definition) is 5. The highest BCUT2D eigenvalue weighted by molar-refractivity contribution is 6.16. The third kappa shape index (κ3) is 4.32. The number of carbonyl (C=O) groups excluding carboxylic acids is 3. The van der Waals surface area contributed by atoms with Gasteiger partial charge in [-0.2, -0.15) is 0 Å². The van der Waals surface area contributed by atoms with Crippen molar-refractivity contribution in [3.05, 3.63) is 88.1 Å². The Morgan fingerprint density at radius 3 is 2.03 bits per heavy atom. The van der Waals surface area contributed by atoms with Crippen molar-refractivity contribution in [3.8, 4) is 5.75 Å². The van der Waals surface area contributed by atoms with Crippen LogP contribution in [0.15, 0.2) is 54.6 Å². The third-order valence-corrected chi connectivity index (χ3v) is 7.00. The SMILES string of the molecule is Cc1c(C)[n+]([O-])c(C(c2ccc(OCCc3ccccc3)cc2)C2C(=O)N(C)C(=O)N(C)C2=O)n1C. The molecule has 1 aromatic heterocycles. The molecule has 36 heavy (non-hydrogen) atoms. The van der Waals surface area contributed by atoms with E-state index in [9.17, 15) is 19.6 Å². The number of barbiturate groups is 1. The summed E-state index contributed by atoms with van der Waals surface area (Å²) in [4.78, 5) is 40.7. The van der Waals surface area contributed by atoms with Gasteiger partial charge in [0, 0.05) is 34.4 Å². The van der Waals surface area contributed by atoms with E-state index in [1.807, 2.05) is 30.3 Å². The first-order valence-electron chi connectivity index (χ1n) is 11.7. The van der Waals surface area contributed by atoms with Gasteiger partial charge in [-0.1, -0.05) is 42.5 Å². The van der Waals surface area contributed by atoms with Crippen molar-refractivity contribution in [1.82, 2.24) is 14.4 Å². The van der Waals surface area contributed by atoms with Crippen LogP contribution in [0.5, 0.6) is 5.75 Å². The van der Waals surface area contributed by atoms with Crippen LogP contribution < -0.4 is 9.47 Å². The van der Waals surface area contributed by atoms with E-state index < -0.39 is 29.7 Å². The molecule has 1 atom stereocenters. The van der Waals surface area contributed by atoms with E-state index in [0.29, 0.717) is 23.6 Å². The first-order chi connectivity index (χ1) is 17.1. The van der Waals surface area contributed by atoms with Crippen LogP contribution in [-0.4, -0.2) is 52.9 Å². The highest BCUT2D eigenvalue weighted by Crippen LogP contribution is 2.36. The van der Waals surface area contributed by atoms with Crippen LogP contribution in [0.3, 0.4) is 0 Å². The Bertz CT molecular complexity index is 1250. The second kappa shape index (κ2) is 9.85. The highest BCUT2D eigenvalue weighted by atomic mass is 16.5. The van der Waals surface area contributed by atoms with Gasteiger partial charge < -0.3 is 9.94 Å². The van der Waals surface area contributed by atoms with E-state index in [1.54, 1.807) is 49.7 Å². The van der Waals surface area contributed by atoms with E-state index in [1.165, 1.54) is 19.7 Å². The van der Waals surface area contributed by atoms with Crippen LogP contribution in [0, 0.1) is 25.0 Å². The minimum absolute atomic E-state index is 0.255. The number of amides is 4. The largest absolute Gasteiger partial charge is 0.711 e. The van der Waals surface area contributed by atoms with E-state index in [0.717, 1.165) is 26.6 Å². The fraction of sp³-hybridized carbons (Fsp3) is 0.333. The lowest BCUT2D eigenvalue weighted by molar-refractivity contribution is -0.621. The van der Waals surface area contributed by atoms with Crippen LogP contribution in [-0.2, 0) is 23.1 Å². The number of urea groups is 1. The predicted molar refractivity (Wildman–Crippen MR) is 132 cm³/mol. The first-order valence-corrected chi connectivity index (χ1v) is 11.7. The average molecular weight is 491 g/mol. The number of hydrogen-bond donors (Lipinski definition) is 0. The maximum Gasteiger partial charge on any atom is 0.332 e. The molecule has 9 nitrogen and oxygen atoms in total. The third-order valence-electron chi connectivity index (χ3n) is 7.00. The standard InChI is InChI=1S/C27H30N4O5/c1-17-18(2)31(35)24(28(17)3)22(23-25(32)29(4)27(34)30(5)26(23)33)20-11-13-21(14-12-20)36-16-15-19-9-7-6-8-10-19/h6-14,22-23H,15-16H2,1-5H3. The molecule has 0 saturated carbocycles. The van der Waals surface area contributed by atoms with Gasteiger partial charge in [-0.25, -0.2) is 14.1 Å². The maximum atomic E-state index is 13.2. The zero-order valence-electron chi connectivity index (χ0n) is 21.1. The number of imidazole rings is 1. The summed E-state index contributed by atoms with van der Waals surface area (Å²) in [7, 11) is 4.42. The molecule has 0 N–H and O–H groups in total. The quantitative estimate of drug-likeness (QED) is 0.288. The summed E-state index contributed by atoms with van der Waals surface area (Å²) in [6.07, 6.45) is 0.751. The van der Waals surface area contributed by atoms with Crippen molar-refractivity contribution in [1.29, 1.82) is 0 Å². The average Bonchev–Trinajstić information content (AvgIpc) is 3.08. The van der Waals surface area contributed by atoms with Gasteiger partial charge in [0.2, 0.25) is 11.8 Å². The molecule has 188 valence electrons. The Morgan fingerprint density at radius 2 is 1.50 bits per heavy atom. The summed E-state index contributed by atoms with van der Waals surface area (Å²) in [6, 6.07) is 16.4. The summed E-state index contributed by atoms with van der Waals surface area (Å²) in [5.74, 6) is -2.58. The molecule has 2 aromatic carbocycles. The summed E-state index contributed by atoms with van der Waals surface area (Å²) in [6.45, 7) is 3.99. The van der Waals surface area contributed by atoms with Gasteiger partial charge in [0.05, 0.1) is 13.7 Å². The zero-order chi connectivity index (χ0) is 26.1. The molecule has 2 heterocycles. The van der Waals surface area contributed by atoms with Gasteiger partial charge in [0.25, 0.3) is 5.82 Å². The van der Waals surface area contributed by atoms with Crippen LogP contribution in [0.25, 0.3) is 0 Å². The topological polar surface area (TPSA) is 98.8 Å². The molecule has 1 saturated heterocycles. The lowest BCUT2D eigenvalue weighted by Crippen LogP contribution is -2.59. The fourth-order valence-corrected chi connectivity index (χ4v) is 4.62. The van der Waals surface area contributed by atoms with Crippen molar-refractivity contribution in [2.45, 2.75) is 26.2 Å². The summed E-state index contributed by atoms with van der Waals surface area (Å²) < 4.78 is 8.36. The summed E-state index contributed by atoms with van der Waals surface area (Å²) >= 11 is 0. The minimum Gasteiger partial charge on any atom is -0.711 e. The highest BCUT2D eigenvalue weighted by Gasteiger charge is 2.51. The van der Waals surface area contributed by atoms with Crippen LogP contribution >= 0.6 is 0 Å². The number of ether oxygens (including phenoxy) is 1. The van der Waals surface area contributed by atoms with Crippen molar-refractivity contribution in [2.75, 3.05) is 20.7 Å². The molecule has 1 aliphatic heterocycles. The Hall–Kier alpha value is -4.14. The number of nitrogens with zero attached hydrogens (tertiary/aromatic N) is 4. The van der Waals surface area contributed by atoms with Crippen LogP contribution in [0.4, 0.5) is 4.79 Å². The van der Waals surface area contributed by atoms with Crippen molar-refractivity contribution in [2.24, 2.45) is 13.0 Å². The van der Waals surface area contributed by atoms with E-state index in [-0.39, 0.29) is 5.82 Å². The molecule has 0 bridgehead atoms. The Balaban J connectivity index is 1.69. The number of aromatic nitrogens is 2. The zero-order valence-corrected chi connectivity index (χ0v) is 21.1. The smallest absolute Gasteiger partial charge is 0.332 e. The minimum atomic E-state index is -1.27. The molecule has 0 radical (unpaired) electrons. The number of benzene rings is 2. The molecule has 9 heteroatoms. The molecule has 1 fully saturated rings. The molecule has 4 rings (SSSR count). The van der Waals surface area contributed by atoms with E-state index >= 15 is 0 Å². The summed E-state index contributed by atoms with van der Waals surface area (Å²) in [5.41, 5.74) is 2.96. The fourth-order valence-electron chi connectivity index (χ4n) is 4.62. The van der Waals surface area contributed by atoms with E-state index in [4.69, 9.17) is 4.74 Å². The van der Waals surface area contributed by atoms with Gasteiger partial charge in [-0.05, 0) is 23.3 Å². The first kappa shape index (κ1) is 25.0. The lowest BCUT2D eigenvalue weighted by atomic mass is 9.82. The Labute approximate surface area is 210 Å². The molecule has 3 aromatic rings.